The number of rotatable bonds is 6. The molecule has 3 rings (SSSR count). The summed E-state index contributed by atoms with van der Waals surface area (Å²) in [5.74, 6) is -1.48. The lowest BCUT2D eigenvalue weighted by Crippen LogP contribution is -2.17. The highest BCUT2D eigenvalue weighted by molar-refractivity contribution is 7.92. The van der Waals surface area contributed by atoms with Crippen molar-refractivity contribution in [3.63, 3.8) is 0 Å². The third kappa shape index (κ3) is 5.17. The average Bonchev–Trinajstić information content (AvgIpc) is 2.67. The lowest BCUT2D eigenvalue weighted by atomic mass is 10.1. The Morgan fingerprint density at radius 2 is 1.66 bits per heavy atom. The van der Waals surface area contributed by atoms with Crippen LogP contribution >= 0.6 is 0 Å². The fourth-order valence-corrected chi connectivity index (χ4v) is 4.04. The smallest absolute Gasteiger partial charge is 0.262 e. The lowest BCUT2D eigenvalue weighted by Gasteiger charge is -2.13. The number of aryl methyl sites for hydroxylation is 1. The van der Waals surface area contributed by atoms with Gasteiger partial charge in [-0.2, -0.15) is 0 Å². The Hall–Kier alpha value is -3.26. The molecule has 8 heteroatoms. The first-order chi connectivity index (χ1) is 13.7. The molecule has 0 saturated carbocycles. The highest BCUT2D eigenvalue weighted by Crippen LogP contribution is 2.24. The van der Waals surface area contributed by atoms with Crippen molar-refractivity contribution in [1.82, 2.24) is 0 Å². The minimum Gasteiger partial charge on any atom is -0.326 e. The molecule has 3 aromatic carbocycles. The molecule has 0 bridgehead atoms. The van der Waals surface area contributed by atoms with Crippen LogP contribution in [-0.2, 0) is 21.2 Å². The molecule has 3 aromatic rings. The van der Waals surface area contributed by atoms with Crippen molar-refractivity contribution in [1.29, 1.82) is 0 Å². The number of benzene rings is 3. The summed E-state index contributed by atoms with van der Waals surface area (Å²) in [4.78, 5) is 12.1. The molecule has 0 unspecified atom stereocenters. The van der Waals surface area contributed by atoms with Crippen molar-refractivity contribution in [3.8, 4) is 0 Å². The SMILES string of the molecule is Cc1ccc(NC(=O)Cc2ccc(F)cc2)cc1S(=O)(=O)Nc1ccccc1F. The second-order valence-electron chi connectivity index (χ2n) is 6.42. The van der Waals surface area contributed by atoms with Gasteiger partial charge in [0.1, 0.15) is 11.6 Å². The number of carbonyl (C=O) groups excluding carboxylic acids is 1. The zero-order chi connectivity index (χ0) is 21.0. The van der Waals surface area contributed by atoms with Crippen molar-refractivity contribution in [2.75, 3.05) is 10.0 Å². The van der Waals surface area contributed by atoms with Gasteiger partial charge in [-0.15, -0.1) is 0 Å². The molecule has 0 heterocycles. The predicted molar refractivity (Wildman–Crippen MR) is 107 cm³/mol. The van der Waals surface area contributed by atoms with E-state index in [1.807, 2.05) is 0 Å². The van der Waals surface area contributed by atoms with Gasteiger partial charge < -0.3 is 5.32 Å². The maximum Gasteiger partial charge on any atom is 0.262 e. The Morgan fingerprint density at radius 1 is 0.966 bits per heavy atom. The molecule has 0 aromatic heterocycles. The minimum atomic E-state index is -4.07. The van der Waals surface area contributed by atoms with Crippen LogP contribution < -0.4 is 10.0 Å². The largest absolute Gasteiger partial charge is 0.326 e. The molecular weight excluding hydrogens is 398 g/mol. The van der Waals surface area contributed by atoms with Gasteiger partial charge in [0.2, 0.25) is 5.91 Å². The van der Waals surface area contributed by atoms with E-state index < -0.39 is 21.7 Å². The highest BCUT2D eigenvalue weighted by Gasteiger charge is 2.19. The molecular formula is C21H18F2N2O3S. The molecule has 0 spiro atoms. The first kappa shape index (κ1) is 20.5. The summed E-state index contributed by atoms with van der Waals surface area (Å²) in [7, 11) is -4.07. The van der Waals surface area contributed by atoms with Crippen molar-refractivity contribution in [2.45, 2.75) is 18.2 Å². The number of sulfonamides is 1. The molecule has 5 nitrogen and oxygen atoms in total. The van der Waals surface area contributed by atoms with Crippen LogP contribution in [0.4, 0.5) is 20.2 Å². The number of halogens is 2. The minimum absolute atomic E-state index is 0.00369. The Balaban J connectivity index is 1.79. The van der Waals surface area contributed by atoms with Crippen LogP contribution in [0.2, 0.25) is 0 Å². The fourth-order valence-electron chi connectivity index (χ4n) is 2.70. The number of nitrogens with one attached hydrogen (secondary N) is 2. The molecule has 0 fully saturated rings. The van der Waals surface area contributed by atoms with Gasteiger partial charge in [0, 0.05) is 5.69 Å². The number of amides is 1. The summed E-state index contributed by atoms with van der Waals surface area (Å²) in [5.41, 5.74) is 1.16. The Morgan fingerprint density at radius 3 is 2.34 bits per heavy atom. The van der Waals surface area contributed by atoms with E-state index in [2.05, 4.69) is 10.0 Å². The number of hydrogen-bond donors (Lipinski definition) is 2. The summed E-state index contributed by atoms with van der Waals surface area (Å²) < 4.78 is 54.4. The lowest BCUT2D eigenvalue weighted by molar-refractivity contribution is -0.115. The molecule has 2 N–H and O–H groups in total. The van der Waals surface area contributed by atoms with Gasteiger partial charge in [-0.25, -0.2) is 17.2 Å². The van der Waals surface area contributed by atoms with E-state index in [4.69, 9.17) is 0 Å². The van der Waals surface area contributed by atoms with Crippen molar-refractivity contribution in [3.05, 3.63) is 89.5 Å². The topological polar surface area (TPSA) is 75.3 Å². The summed E-state index contributed by atoms with van der Waals surface area (Å²) in [6.07, 6.45) is 0.00369. The van der Waals surface area contributed by atoms with Crippen molar-refractivity contribution < 1.29 is 22.0 Å². The molecule has 0 saturated heterocycles. The third-order valence-electron chi connectivity index (χ3n) is 4.16. The summed E-state index contributed by atoms with van der Waals surface area (Å²) in [6.45, 7) is 1.60. The average molecular weight is 416 g/mol. The quantitative estimate of drug-likeness (QED) is 0.631. The van der Waals surface area contributed by atoms with E-state index in [0.717, 1.165) is 6.07 Å². The first-order valence-corrected chi connectivity index (χ1v) is 10.2. The van der Waals surface area contributed by atoms with Crippen LogP contribution in [0.15, 0.2) is 71.6 Å². The zero-order valence-corrected chi connectivity index (χ0v) is 16.3. The van der Waals surface area contributed by atoms with Crippen LogP contribution in [0.1, 0.15) is 11.1 Å². The van der Waals surface area contributed by atoms with E-state index in [1.165, 1.54) is 48.5 Å². The molecule has 0 aliphatic carbocycles. The van der Waals surface area contributed by atoms with E-state index in [9.17, 15) is 22.0 Å². The summed E-state index contributed by atoms with van der Waals surface area (Å²) in [5, 5.41) is 2.62. The molecule has 0 radical (unpaired) electrons. The number of carbonyl (C=O) groups is 1. The van der Waals surface area contributed by atoms with Gasteiger partial charge in [-0.05, 0) is 54.4 Å². The van der Waals surface area contributed by atoms with Gasteiger partial charge in [0.05, 0.1) is 17.0 Å². The maximum atomic E-state index is 13.8. The molecule has 150 valence electrons. The second kappa shape index (κ2) is 8.40. The molecule has 1 amide bonds. The van der Waals surface area contributed by atoms with Gasteiger partial charge in [-0.3, -0.25) is 9.52 Å². The normalized spacial score (nSPS) is 11.1. The maximum absolute atomic E-state index is 13.8. The number of hydrogen-bond acceptors (Lipinski definition) is 3. The van der Waals surface area contributed by atoms with E-state index >= 15 is 0 Å². The van der Waals surface area contributed by atoms with Crippen molar-refractivity contribution in [2.24, 2.45) is 0 Å². The Kier molecular flexibility index (Phi) is 5.93. The van der Waals surface area contributed by atoms with Crippen LogP contribution in [0.25, 0.3) is 0 Å². The summed E-state index contributed by atoms with van der Waals surface area (Å²) in [6, 6.07) is 15.4. The zero-order valence-electron chi connectivity index (χ0n) is 15.4. The van der Waals surface area contributed by atoms with Crippen LogP contribution in [-0.4, -0.2) is 14.3 Å². The number of para-hydroxylation sites is 1. The van der Waals surface area contributed by atoms with Crippen LogP contribution in [0.3, 0.4) is 0 Å². The van der Waals surface area contributed by atoms with Gasteiger partial charge in [0.25, 0.3) is 10.0 Å². The molecule has 29 heavy (non-hydrogen) atoms. The van der Waals surface area contributed by atoms with Crippen LogP contribution in [0, 0.1) is 18.6 Å². The highest BCUT2D eigenvalue weighted by atomic mass is 32.2. The Bertz CT molecular complexity index is 1150. The Labute approximate surface area is 167 Å². The van der Waals surface area contributed by atoms with Gasteiger partial charge in [0.15, 0.2) is 0 Å². The van der Waals surface area contributed by atoms with E-state index in [-0.39, 0.29) is 28.6 Å². The van der Waals surface area contributed by atoms with Gasteiger partial charge >= 0.3 is 0 Å². The first-order valence-electron chi connectivity index (χ1n) is 8.67. The van der Waals surface area contributed by atoms with Crippen LogP contribution in [0.5, 0.6) is 0 Å². The second-order valence-corrected chi connectivity index (χ2v) is 8.07. The fraction of sp³-hybridized carbons (Fsp3) is 0.0952. The van der Waals surface area contributed by atoms with Gasteiger partial charge in [-0.1, -0.05) is 30.3 Å². The summed E-state index contributed by atoms with van der Waals surface area (Å²) >= 11 is 0. The predicted octanol–water partition coefficient (Wildman–Crippen LogP) is 4.26. The third-order valence-corrected chi connectivity index (χ3v) is 5.67. The van der Waals surface area contributed by atoms with E-state index in [1.54, 1.807) is 19.1 Å². The van der Waals surface area contributed by atoms with E-state index in [0.29, 0.717) is 11.1 Å². The molecule has 0 aliphatic rings. The molecule has 0 atom stereocenters. The standard InChI is InChI=1S/C21H18F2N2O3S/c1-14-6-11-17(24-21(26)12-15-7-9-16(22)10-8-15)13-20(14)29(27,28)25-19-5-3-2-4-18(19)23/h2-11,13,25H,12H2,1H3,(H,24,26). The molecule has 0 aliphatic heterocycles. The van der Waals surface area contributed by atoms with Crippen molar-refractivity contribution >= 4 is 27.3 Å². The monoisotopic (exact) mass is 416 g/mol. The number of anilines is 2.